The van der Waals surface area contributed by atoms with Crippen molar-refractivity contribution in [3.63, 3.8) is 0 Å². The van der Waals surface area contributed by atoms with Crippen LogP contribution < -0.4 is 10.5 Å². The van der Waals surface area contributed by atoms with Gasteiger partial charge in [-0.05, 0) is 55.7 Å². The molecule has 1 saturated heterocycles. The Morgan fingerprint density at radius 1 is 1.10 bits per heavy atom. The molecule has 1 amide bonds. The Kier molecular flexibility index (Phi) is 5.48. The van der Waals surface area contributed by atoms with Crippen molar-refractivity contribution in [2.24, 2.45) is 5.73 Å². The zero-order chi connectivity index (χ0) is 21.3. The summed E-state index contributed by atoms with van der Waals surface area (Å²) in [5.41, 5.74) is 9.68. The number of nitrogens with zero attached hydrogens (tertiary/aromatic N) is 2. The van der Waals surface area contributed by atoms with Crippen LogP contribution in [0.15, 0.2) is 54.7 Å². The number of piperidine rings is 1. The summed E-state index contributed by atoms with van der Waals surface area (Å²) in [6.45, 7) is 7.00. The molecule has 0 unspecified atom stereocenters. The van der Waals surface area contributed by atoms with E-state index in [0.717, 1.165) is 35.1 Å². The highest BCUT2D eigenvalue weighted by molar-refractivity contribution is 5.88. The predicted molar refractivity (Wildman–Crippen MR) is 120 cm³/mol. The predicted octanol–water partition coefficient (Wildman–Crippen LogP) is 4.32. The SMILES string of the molecule is Cc1c(-c2ccc(OC3CCN(C(=O)C(C)(C)N)CC3)cc2)ccc2cccnc12. The molecule has 4 rings (SSSR count). The molecule has 2 heterocycles. The van der Waals surface area contributed by atoms with Gasteiger partial charge in [0.05, 0.1) is 11.1 Å². The lowest BCUT2D eigenvalue weighted by Crippen LogP contribution is -2.54. The molecule has 5 heteroatoms. The molecular weight excluding hydrogens is 374 g/mol. The maximum atomic E-state index is 12.3. The minimum atomic E-state index is -0.820. The Labute approximate surface area is 177 Å². The zero-order valence-electron chi connectivity index (χ0n) is 17.9. The molecule has 1 aliphatic rings. The highest BCUT2D eigenvalue weighted by Crippen LogP contribution is 2.30. The fourth-order valence-corrected chi connectivity index (χ4v) is 4.09. The van der Waals surface area contributed by atoms with Gasteiger partial charge in [0, 0.05) is 37.5 Å². The second-order valence-electron chi connectivity index (χ2n) is 8.67. The third kappa shape index (κ3) is 4.17. The van der Waals surface area contributed by atoms with Crippen LogP contribution in [0.5, 0.6) is 5.75 Å². The molecule has 0 bridgehead atoms. The largest absolute Gasteiger partial charge is 0.490 e. The van der Waals surface area contributed by atoms with Crippen molar-refractivity contribution in [3.8, 4) is 16.9 Å². The monoisotopic (exact) mass is 403 g/mol. The number of hydrogen-bond acceptors (Lipinski definition) is 4. The Hall–Kier alpha value is -2.92. The van der Waals surface area contributed by atoms with Gasteiger partial charge in [-0.3, -0.25) is 9.78 Å². The lowest BCUT2D eigenvalue weighted by Gasteiger charge is -2.35. The van der Waals surface area contributed by atoms with Crippen molar-refractivity contribution in [2.75, 3.05) is 13.1 Å². The van der Waals surface area contributed by atoms with Gasteiger partial charge in [-0.25, -0.2) is 0 Å². The number of pyridine rings is 1. The molecule has 1 aliphatic heterocycles. The van der Waals surface area contributed by atoms with Crippen molar-refractivity contribution in [1.29, 1.82) is 0 Å². The number of rotatable bonds is 4. The number of nitrogens with two attached hydrogens (primary N) is 1. The first kappa shape index (κ1) is 20.4. The molecule has 0 spiro atoms. The number of amides is 1. The maximum Gasteiger partial charge on any atom is 0.242 e. The normalized spacial score (nSPS) is 15.4. The van der Waals surface area contributed by atoms with Crippen molar-refractivity contribution in [1.82, 2.24) is 9.88 Å². The number of carbonyl (C=O) groups excluding carboxylic acids is 1. The third-order valence-corrected chi connectivity index (χ3v) is 5.78. The third-order valence-electron chi connectivity index (χ3n) is 5.78. The number of hydrogen-bond donors (Lipinski definition) is 1. The first-order chi connectivity index (χ1) is 14.3. The van der Waals surface area contributed by atoms with Crippen LogP contribution in [0.2, 0.25) is 0 Å². The number of likely N-dealkylation sites (tertiary alicyclic amines) is 1. The van der Waals surface area contributed by atoms with Crippen molar-refractivity contribution in [3.05, 3.63) is 60.3 Å². The highest BCUT2D eigenvalue weighted by Gasteiger charge is 2.31. The fraction of sp³-hybridized carbons (Fsp3) is 0.360. The molecule has 0 aliphatic carbocycles. The average molecular weight is 404 g/mol. The second kappa shape index (κ2) is 8.07. The van der Waals surface area contributed by atoms with Crippen LogP contribution >= 0.6 is 0 Å². The summed E-state index contributed by atoms with van der Waals surface area (Å²) in [5, 5.41) is 1.15. The quantitative estimate of drug-likeness (QED) is 0.704. The van der Waals surface area contributed by atoms with E-state index in [2.05, 4.69) is 42.2 Å². The van der Waals surface area contributed by atoms with E-state index in [-0.39, 0.29) is 12.0 Å². The summed E-state index contributed by atoms with van der Waals surface area (Å²) in [7, 11) is 0. The van der Waals surface area contributed by atoms with Crippen molar-refractivity contribution >= 4 is 16.8 Å². The van der Waals surface area contributed by atoms with Crippen LogP contribution in [0.25, 0.3) is 22.0 Å². The van der Waals surface area contributed by atoms with Gasteiger partial charge in [-0.1, -0.05) is 30.3 Å². The Morgan fingerprint density at radius 2 is 1.80 bits per heavy atom. The van der Waals surface area contributed by atoms with Crippen LogP contribution in [-0.2, 0) is 4.79 Å². The lowest BCUT2D eigenvalue weighted by molar-refractivity contribution is -0.137. The standard InChI is InChI=1S/C25H29N3O2/c1-17-22(11-8-19-5-4-14-27-23(17)19)18-6-9-20(10-7-18)30-21-12-15-28(16-13-21)24(29)25(2,3)26/h4-11,14,21H,12-13,15-16,26H2,1-3H3. The van der Waals surface area contributed by atoms with E-state index in [1.165, 1.54) is 11.1 Å². The van der Waals surface area contributed by atoms with E-state index in [9.17, 15) is 4.79 Å². The Morgan fingerprint density at radius 3 is 2.47 bits per heavy atom. The molecule has 1 aromatic heterocycles. The van der Waals surface area contributed by atoms with Crippen LogP contribution in [0.4, 0.5) is 0 Å². The van der Waals surface area contributed by atoms with Crippen LogP contribution in [0.1, 0.15) is 32.3 Å². The molecule has 2 aromatic carbocycles. The number of carbonyl (C=O) groups is 1. The number of benzene rings is 2. The highest BCUT2D eigenvalue weighted by atomic mass is 16.5. The fourth-order valence-electron chi connectivity index (χ4n) is 4.09. The van der Waals surface area contributed by atoms with Gasteiger partial charge < -0.3 is 15.4 Å². The molecule has 2 N–H and O–H groups in total. The lowest BCUT2D eigenvalue weighted by atomic mass is 9.98. The van der Waals surface area contributed by atoms with E-state index in [1.54, 1.807) is 13.8 Å². The summed E-state index contributed by atoms with van der Waals surface area (Å²) in [6.07, 6.45) is 3.59. The topological polar surface area (TPSA) is 68.5 Å². The van der Waals surface area contributed by atoms with Crippen LogP contribution in [0, 0.1) is 6.92 Å². The number of aromatic nitrogens is 1. The van der Waals surface area contributed by atoms with Gasteiger partial charge in [0.15, 0.2) is 0 Å². The Balaban J connectivity index is 1.42. The van der Waals surface area contributed by atoms with Gasteiger partial charge in [0.2, 0.25) is 5.91 Å². The summed E-state index contributed by atoms with van der Waals surface area (Å²) in [4.78, 5) is 18.7. The molecule has 0 saturated carbocycles. The molecular formula is C25H29N3O2. The van der Waals surface area contributed by atoms with Gasteiger partial charge in [-0.2, -0.15) is 0 Å². The van der Waals surface area contributed by atoms with Gasteiger partial charge in [0.25, 0.3) is 0 Å². The number of ether oxygens (including phenoxy) is 1. The van der Waals surface area contributed by atoms with E-state index in [4.69, 9.17) is 10.5 Å². The smallest absolute Gasteiger partial charge is 0.242 e. The molecule has 1 fully saturated rings. The average Bonchev–Trinajstić information content (AvgIpc) is 2.74. The van der Waals surface area contributed by atoms with E-state index in [1.807, 2.05) is 29.3 Å². The first-order valence-electron chi connectivity index (χ1n) is 10.5. The molecule has 0 radical (unpaired) electrons. The molecule has 3 aromatic rings. The molecule has 30 heavy (non-hydrogen) atoms. The zero-order valence-corrected chi connectivity index (χ0v) is 17.9. The summed E-state index contributed by atoms with van der Waals surface area (Å²) in [5.74, 6) is 0.866. The minimum Gasteiger partial charge on any atom is -0.490 e. The van der Waals surface area contributed by atoms with Gasteiger partial charge >= 0.3 is 0 Å². The Bertz CT molecular complexity index is 1050. The molecule has 0 atom stereocenters. The second-order valence-corrected chi connectivity index (χ2v) is 8.67. The molecule has 5 nitrogen and oxygen atoms in total. The van der Waals surface area contributed by atoms with Crippen LogP contribution in [0.3, 0.4) is 0 Å². The summed E-state index contributed by atoms with van der Waals surface area (Å²) in [6, 6.07) is 16.6. The summed E-state index contributed by atoms with van der Waals surface area (Å²) >= 11 is 0. The maximum absolute atomic E-state index is 12.3. The van der Waals surface area contributed by atoms with E-state index < -0.39 is 5.54 Å². The first-order valence-corrected chi connectivity index (χ1v) is 10.5. The van der Waals surface area contributed by atoms with Crippen molar-refractivity contribution < 1.29 is 9.53 Å². The van der Waals surface area contributed by atoms with E-state index >= 15 is 0 Å². The van der Waals surface area contributed by atoms with E-state index in [0.29, 0.717) is 13.1 Å². The van der Waals surface area contributed by atoms with Gasteiger partial charge in [0.1, 0.15) is 11.9 Å². The van der Waals surface area contributed by atoms with Crippen molar-refractivity contribution in [2.45, 2.75) is 45.3 Å². The summed E-state index contributed by atoms with van der Waals surface area (Å²) < 4.78 is 6.18. The van der Waals surface area contributed by atoms with Crippen LogP contribution in [-0.4, -0.2) is 40.5 Å². The number of aryl methyl sites for hydroxylation is 1. The number of fused-ring (bicyclic) bond motifs is 1. The minimum absolute atomic E-state index is 0.00514. The van der Waals surface area contributed by atoms with Gasteiger partial charge in [-0.15, -0.1) is 0 Å². The molecule has 156 valence electrons.